The van der Waals surface area contributed by atoms with Crippen molar-refractivity contribution in [3.63, 3.8) is 0 Å². The average Bonchev–Trinajstić information content (AvgIpc) is 2.83. The van der Waals surface area contributed by atoms with Crippen LogP contribution in [0.15, 0.2) is 18.2 Å². The van der Waals surface area contributed by atoms with E-state index in [1.165, 1.54) is 12.1 Å². The second kappa shape index (κ2) is 6.17. The molecule has 0 saturated heterocycles. The van der Waals surface area contributed by atoms with E-state index in [4.69, 9.17) is 0 Å². The molecule has 1 nitrogen and oxygen atoms in total. The van der Waals surface area contributed by atoms with Gasteiger partial charge in [-0.25, -0.2) is 0 Å². The lowest BCUT2D eigenvalue weighted by molar-refractivity contribution is -0.137. The molecule has 1 saturated carbocycles. The van der Waals surface area contributed by atoms with Crippen LogP contribution in [0.25, 0.3) is 0 Å². The quantitative estimate of drug-likeness (QED) is 0.849. The maximum Gasteiger partial charge on any atom is 0.416 e. The van der Waals surface area contributed by atoms with E-state index in [0.29, 0.717) is 12.0 Å². The highest BCUT2D eigenvalue weighted by atomic mass is 19.4. The second-order valence-corrected chi connectivity index (χ2v) is 5.73. The Morgan fingerprint density at radius 3 is 2.60 bits per heavy atom. The van der Waals surface area contributed by atoms with E-state index in [0.717, 1.165) is 43.4 Å². The summed E-state index contributed by atoms with van der Waals surface area (Å²) in [7, 11) is 0. The van der Waals surface area contributed by atoms with Gasteiger partial charge in [0, 0.05) is 6.04 Å². The number of rotatable bonds is 4. The maximum atomic E-state index is 12.7. The van der Waals surface area contributed by atoms with Crippen molar-refractivity contribution in [1.82, 2.24) is 5.32 Å². The summed E-state index contributed by atoms with van der Waals surface area (Å²) in [5.41, 5.74) is 1.30. The topological polar surface area (TPSA) is 12.0 Å². The molecule has 1 fully saturated rings. The molecule has 0 aromatic heterocycles. The van der Waals surface area contributed by atoms with Gasteiger partial charge in [-0.2, -0.15) is 13.2 Å². The third-order valence-corrected chi connectivity index (χ3v) is 4.15. The summed E-state index contributed by atoms with van der Waals surface area (Å²) in [5, 5.41) is 3.51. The molecule has 20 heavy (non-hydrogen) atoms. The first kappa shape index (κ1) is 15.4. The molecule has 1 N–H and O–H groups in total. The number of hydrogen-bond acceptors (Lipinski definition) is 1. The van der Waals surface area contributed by atoms with E-state index in [2.05, 4.69) is 12.2 Å². The average molecular weight is 285 g/mol. The largest absolute Gasteiger partial charge is 0.416 e. The molecule has 4 heteroatoms. The van der Waals surface area contributed by atoms with Gasteiger partial charge in [-0.05, 0) is 68.3 Å². The van der Waals surface area contributed by atoms with Gasteiger partial charge < -0.3 is 5.32 Å². The molecule has 1 aliphatic carbocycles. The summed E-state index contributed by atoms with van der Waals surface area (Å²) >= 11 is 0. The van der Waals surface area contributed by atoms with E-state index < -0.39 is 11.7 Å². The van der Waals surface area contributed by atoms with Crippen LogP contribution >= 0.6 is 0 Å². The van der Waals surface area contributed by atoms with Crippen LogP contribution in [0.2, 0.25) is 0 Å². The van der Waals surface area contributed by atoms with Gasteiger partial charge in [0.15, 0.2) is 0 Å². The SMILES string of the molecule is CCCNC1CCC(c2ccc(C(F)(F)F)cc2C)C1. The molecule has 1 aromatic carbocycles. The highest BCUT2D eigenvalue weighted by Gasteiger charge is 2.32. The van der Waals surface area contributed by atoms with Gasteiger partial charge in [-0.15, -0.1) is 0 Å². The molecule has 0 aliphatic heterocycles. The van der Waals surface area contributed by atoms with Crippen LogP contribution in [-0.4, -0.2) is 12.6 Å². The van der Waals surface area contributed by atoms with Crippen molar-refractivity contribution in [2.24, 2.45) is 0 Å². The Kier molecular flexibility index (Phi) is 4.74. The third-order valence-electron chi connectivity index (χ3n) is 4.15. The third kappa shape index (κ3) is 3.54. The number of hydrogen-bond donors (Lipinski definition) is 1. The van der Waals surface area contributed by atoms with Gasteiger partial charge in [0.2, 0.25) is 0 Å². The van der Waals surface area contributed by atoms with Crippen molar-refractivity contribution in [1.29, 1.82) is 0 Å². The van der Waals surface area contributed by atoms with Crippen molar-refractivity contribution < 1.29 is 13.2 Å². The van der Waals surface area contributed by atoms with Crippen LogP contribution in [0.3, 0.4) is 0 Å². The van der Waals surface area contributed by atoms with Crippen LogP contribution < -0.4 is 5.32 Å². The molecule has 1 aliphatic rings. The summed E-state index contributed by atoms with van der Waals surface area (Å²) in [5.74, 6) is 0.395. The fraction of sp³-hybridized carbons (Fsp3) is 0.625. The maximum absolute atomic E-state index is 12.7. The van der Waals surface area contributed by atoms with Crippen molar-refractivity contribution in [2.75, 3.05) is 6.54 Å². The Hall–Kier alpha value is -1.03. The highest BCUT2D eigenvalue weighted by molar-refractivity contribution is 5.35. The molecule has 1 aromatic rings. The van der Waals surface area contributed by atoms with Crippen LogP contribution in [0.5, 0.6) is 0 Å². The smallest absolute Gasteiger partial charge is 0.314 e. The lowest BCUT2D eigenvalue weighted by atomic mass is 9.92. The molecular weight excluding hydrogens is 263 g/mol. The van der Waals surface area contributed by atoms with E-state index in [1.807, 2.05) is 0 Å². The first-order valence-electron chi connectivity index (χ1n) is 7.33. The standard InChI is InChI=1S/C16H22F3N/c1-3-8-20-14-6-4-12(10-14)15-7-5-13(9-11(15)2)16(17,18)19/h5,7,9,12,14,20H,3-4,6,8,10H2,1-2H3. The predicted molar refractivity (Wildman–Crippen MR) is 74.9 cm³/mol. The van der Waals surface area contributed by atoms with Gasteiger partial charge in [0.25, 0.3) is 0 Å². The first-order valence-corrected chi connectivity index (χ1v) is 7.33. The number of aryl methyl sites for hydroxylation is 1. The van der Waals surface area contributed by atoms with Crippen LogP contribution in [-0.2, 0) is 6.18 Å². The van der Waals surface area contributed by atoms with Crippen molar-refractivity contribution in [2.45, 2.75) is 57.7 Å². The zero-order valence-corrected chi connectivity index (χ0v) is 12.1. The molecule has 0 radical (unpaired) electrons. The summed E-state index contributed by atoms with van der Waals surface area (Å²) in [4.78, 5) is 0. The highest BCUT2D eigenvalue weighted by Crippen LogP contribution is 2.38. The van der Waals surface area contributed by atoms with Crippen LogP contribution in [0.1, 0.15) is 55.2 Å². The van der Waals surface area contributed by atoms with Gasteiger partial charge >= 0.3 is 6.18 Å². The van der Waals surface area contributed by atoms with Crippen molar-refractivity contribution >= 4 is 0 Å². The Balaban J connectivity index is 2.07. The summed E-state index contributed by atoms with van der Waals surface area (Å²) in [6, 6.07) is 4.68. The monoisotopic (exact) mass is 285 g/mol. The fourth-order valence-corrected chi connectivity index (χ4v) is 3.11. The zero-order chi connectivity index (χ0) is 14.8. The predicted octanol–water partition coefficient (Wildman–Crippen LogP) is 4.65. The normalized spacial score (nSPS) is 23.2. The molecule has 112 valence electrons. The molecule has 2 atom stereocenters. The summed E-state index contributed by atoms with van der Waals surface area (Å²) in [6.07, 6.45) is 0.0789. The minimum atomic E-state index is -4.25. The molecule has 0 amide bonds. The Bertz CT molecular complexity index is 454. The second-order valence-electron chi connectivity index (χ2n) is 5.73. The Morgan fingerprint density at radius 2 is 2.00 bits per heavy atom. The van der Waals surface area contributed by atoms with E-state index in [-0.39, 0.29) is 0 Å². The minimum absolute atomic E-state index is 0.395. The zero-order valence-electron chi connectivity index (χ0n) is 12.1. The molecule has 0 bridgehead atoms. The number of alkyl halides is 3. The van der Waals surface area contributed by atoms with Gasteiger partial charge in [-0.3, -0.25) is 0 Å². The van der Waals surface area contributed by atoms with Gasteiger partial charge in [0.05, 0.1) is 5.56 Å². The van der Waals surface area contributed by atoms with Crippen molar-refractivity contribution in [3.8, 4) is 0 Å². The minimum Gasteiger partial charge on any atom is -0.314 e. The molecule has 0 heterocycles. The Morgan fingerprint density at radius 1 is 1.25 bits per heavy atom. The lowest BCUT2D eigenvalue weighted by Crippen LogP contribution is -2.26. The number of benzene rings is 1. The summed E-state index contributed by atoms with van der Waals surface area (Å²) in [6.45, 7) is 4.94. The lowest BCUT2D eigenvalue weighted by Gasteiger charge is -2.17. The van der Waals surface area contributed by atoms with Crippen molar-refractivity contribution in [3.05, 3.63) is 34.9 Å². The Labute approximate surface area is 118 Å². The number of nitrogens with one attached hydrogen (secondary N) is 1. The fourth-order valence-electron chi connectivity index (χ4n) is 3.11. The number of halogens is 3. The first-order chi connectivity index (χ1) is 9.41. The van der Waals surface area contributed by atoms with Crippen LogP contribution in [0, 0.1) is 6.92 Å². The summed E-state index contributed by atoms with van der Waals surface area (Å²) < 4.78 is 38.0. The van der Waals surface area contributed by atoms with E-state index in [9.17, 15) is 13.2 Å². The molecular formula is C16H22F3N. The molecule has 2 unspecified atom stereocenters. The molecule has 2 rings (SSSR count). The van der Waals surface area contributed by atoms with Crippen LogP contribution in [0.4, 0.5) is 13.2 Å². The van der Waals surface area contributed by atoms with E-state index in [1.54, 1.807) is 13.0 Å². The van der Waals surface area contributed by atoms with E-state index >= 15 is 0 Å². The molecule has 0 spiro atoms. The van der Waals surface area contributed by atoms with Gasteiger partial charge in [-0.1, -0.05) is 13.0 Å². The van der Waals surface area contributed by atoms with Gasteiger partial charge in [0.1, 0.15) is 0 Å².